The molecule has 100 valence electrons. The Morgan fingerprint density at radius 2 is 2.33 bits per heavy atom. The Kier molecular flexibility index (Phi) is 5.16. The van der Waals surface area contributed by atoms with E-state index >= 15 is 0 Å². The molecule has 1 unspecified atom stereocenters. The molecule has 1 aliphatic rings. The van der Waals surface area contributed by atoms with Crippen LogP contribution in [0.4, 0.5) is 0 Å². The topological polar surface area (TPSA) is 61.4 Å². The number of hydrogen-bond donors (Lipinski definition) is 3. The molecular formula is C13H20N2O2S. The van der Waals surface area contributed by atoms with Crippen LogP contribution in [0, 0.1) is 5.92 Å². The summed E-state index contributed by atoms with van der Waals surface area (Å²) in [7, 11) is 0. The molecule has 1 atom stereocenters. The van der Waals surface area contributed by atoms with E-state index in [1.54, 1.807) is 11.3 Å². The van der Waals surface area contributed by atoms with E-state index in [4.69, 9.17) is 0 Å². The second-order valence-electron chi connectivity index (χ2n) is 4.77. The van der Waals surface area contributed by atoms with Gasteiger partial charge in [-0.05, 0) is 54.2 Å². The first-order chi connectivity index (χ1) is 8.75. The number of amides is 1. The number of aliphatic hydroxyl groups excluding tert-OH is 1. The summed E-state index contributed by atoms with van der Waals surface area (Å²) in [6.45, 7) is 2.32. The molecule has 0 aliphatic carbocycles. The van der Waals surface area contributed by atoms with Gasteiger partial charge in [0.1, 0.15) is 0 Å². The Bertz CT molecular complexity index is 361. The zero-order valence-electron chi connectivity index (χ0n) is 10.4. The van der Waals surface area contributed by atoms with E-state index in [-0.39, 0.29) is 5.91 Å². The van der Waals surface area contributed by atoms with Gasteiger partial charge in [-0.2, -0.15) is 11.3 Å². The lowest BCUT2D eigenvalue weighted by Gasteiger charge is -2.22. The van der Waals surface area contributed by atoms with Crippen LogP contribution in [-0.2, 0) is 4.79 Å². The lowest BCUT2D eigenvalue weighted by molar-refractivity contribution is -0.122. The van der Waals surface area contributed by atoms with E-state index < -0.39 is 6.10 Å². The van der Waals surface area contributed by atoms with E-state index in [0.717, 1.165) is 31.5 Å². The Morgan fingerprint density at radius 1 is 1.56 bits per heavy atom. The fourth-order valence-electron chi connectivity index (χ4n) is 2.21. The van der Waals surface area contributed by atoms with Crippen LogP contribution in [0.1, 0.15) is 30.9 Å². The number of carbonyl (C=O) groups excluding carboxylic acids is 1. The Hall–Kier alpha value is -0.910. The lowest BCUT2D eigenvalue weighted by atomic mass is 9.94. The molecule has 0 radical (unpaired) electrons. The fraction of sp³-hybridized carbons (Fsp3) is 0.615. The minimum absolute atomic E-state index is 0.0520. The third-order valence-corrected chi connectivity index (χ3v) is 4.05. The summed E-state index contributed by atoms with van der Waals surface area (Å²) in [4.78, 5) is 11.7. The van der Waals surface area contributed by atoms with E-state index in [0.29, 0.717) is 18.9 Å². The molecule has 2 heterocycles. The molecule has 5 heteroatoms. The highest BCUT2D eigenvalue weighted by Crippen LogP contribution is 2.17. The first kappa shape index (κ1) is 13.5. The molecule has 2 rings (SSSR count). The molecular weight excluding hydrogens is 248 g/mol. The Balaban J connectivity index is 1.68. The summed E-state index contributed by atoms with van der Waals surface area (Å²) < 4.78 is 0. The van der Waals surface area contributed by atoms with Crippen LogP contribution >= 0.6 is 11.3 Å². The maximum absolute atomic E-state index is 11.7. The van der Waals surface area contributed by atoms with Crippen molar-refractivity contribution in [3.05, 3.63) is 22.4 Å². The summed E-state index contributed by atoms with van der Waals surface area (Å²) >= 11 is 1.55. The van der Waals surface area contributed by atoms with Crippen molar-refractivity contribution < 1.29 is 9.90 Å². The second-order valence-corrected chi connectivity index (χ2v) is 5.55. The van der Waals surface area contributed by atoms with Crippen molar-refractivity contribution in [2.24, 2.45) is 5.92 Å². The van der Waals surface area contributed by atoms with Crippen LogP contribution < -0.4 is 10.6 Å². The van der Waals surface area contributed by atoms with Crippen molar-refractivity contribution in [3.63, 3.8) is 0 Å². The number of carbonyl (C=O) groups is 1. The van der Waals surface area contributed by atoms with Crippen LogP contribution in [0.15, 0.2) is 16.8 Å². The zero-order valence-corrected chi connectivity index (χ0v) is 11.2. The number of rotatable bonds is 5. The van der Waals surface area contributed by atoms with Gasteiger partial charge in [-0.3, -0.25) is 4.79 Å². The predicted molar refractivity (Wildman–Crippen MR) is 72.5 cm³/mol. The smallest absolute Gasteiger partial charge is 0.220 e. The molecule has 1 aromatic heterocycles. The SMILES string of the molecule is O=C(CC1CCNCC1)NCC(O)c1ccsc1. The summed E-state index contributed by atoms with van der Waals surface area (Å²) in [5, 5.41) is 19.8. The van der Waals surface area contributed by atoms with E-state index in [1.165, 1.54) is 0 Å². The van der Waals surface area contributed by atoms with Gasteiger partial charge < -0.3 is 15.7 Å². The average molecular weight is 268 g/mol. The lowest BCUT2D eigenvalue weighted by Crippen LogP contribution is -2.33. The molecule has 3 N–H and O–H groups in total. The summed E-state index contributed by atoms with van der Waals surface area (Å²) in [6.07, 6.45) is 2.13. The van der Waals surface area contributed by atoms with Crippen molar-refractivity contribution in [1.29, 1.82) is 0 Å². The van der Waals surface area contributed by atoms with Crippen LogP contribution in [0.5, 0.6) is 0 Å². The minimum atomic E-state index is -0.590. The van der Waals surface area contributed by atoms with Crippen LogP contribution in [0.2, 0.25) is 0 Å². The van der Waals surface area contributed by atoms with E-state index in [1.807, 2.05) is 16.8 Å². The van der Waals surface area contributed by atoms with Gasteiger partial charge in [0.2, 0.25) is 5.91 Å². The molecule has 0 bridgehead atoms. The average Bonchev–Trinajstić information content (AvgIpc) is 2.91. The number of aliphatic hydroxyl groups is 1. The maximum Gasteiger partial charge on any atom is 0.220 e. The van der Waals surface area contributed by atoms with Gasteiger partial charge in [0, 0.05) is 13.0 Å². The monoisotopic (exact) mass is 268 g/mol. The van der Waals surface area contributed by atoms with Gasteiger partial charge in [-0.15, -0.1) is 0 Å². The van der Waals surface area contributed by atoms with Gasteiger partial charge in [0.15, 0.2) is 0 Å². The Morgan fingerprint density at radius 3 is 3.00 bits per heavy atom. The third kappa shape index (κ3) is 4.08. The first-order valence-corrected chi connectivity index (χ1v) is 7.37. The molecule has 0 aromatic carbocycles. The summed E-state index contributed by atoms with van der Waals surface area (Å²) in [5.41, 5.74) is 0.877. The second kappa shape index (κ2) is 6.87. The summed E-state index contributed by atoms with van der Waals surface area (Å²) in [5.74, 6) is 0.542. The molecule has 0 spiro atoms. The standard InChI is InChI=1S/C13H20N2O2S/c16-12(11-3-6-18-9-11)8-15-13(17)7-10-1-4-14-5-2-10/h3,6,9-10,12,14,16H,1-2,4-5,7-8H2,(H,15,17). The molecule has 18 heavy (non-hydrogen) atoms. The highest BCUT2D eigenvalue weighted by Gasteiger charge is 2.17. The third-order valence-electron chi connectivity index (χ3n) is 3.35. The quantitative estimate of drug-likeness (QED) is 0.754. The predicted octanol–water partition coefficient (Wildman–Crippen LogP) is 1.29. The summed E-state index contributed by atoms with van der Waals surface area (Å²) in [6, 6.07) is 1.88. The van der Waals surface area contributed by atoms with Gasteiger partial charge in [-0.25, -0.2) is 0 Å². The molecule has 0 saturated carbocycles. The van der Waals surface area contributed by atoms with Crippen molar-refractivity contribution in [1.82, 2.24) is 10.6 Å². The molecule has 4 nitrogen and oxygen atoms in total. The van der Waals surface area contributed by atoms with Gasteiger partial charge in [0.05, 0.1) is 6.10 Å². The number of piperidine rings is 1. The normalized spacial score (nSPS) is 18.5. The molecule has 1 aliphatic heterocycles. The molecule has 1 fully saturated rings. The maximum atomic E-state index is 11.7. The van der Waals surface area contributed by atoms with E-state index in [2.05, 4.69) is 10.6 Å². The highest BCUT2D eigenvalue weighted by atomic mass is 32.1. The molecule has 1 amide bonds. The van der Waals surface area contributed by atoms with Crippen molar-refractivity contribution in [3.8, 4) is 0 Å². The van der Waals surface area contributed by atoms with Crippen molar-refractivity contribution >= 4 is 17.2 Å². The number of hydrogen-bond acceptors (Lipinski definition) is 4. The van der Waals surface area contributed by atoms with Crippen molar-refractivity contribution in [2.45, 2.75) is 25.4 Å². The van der Waals surface area contributed by atoms with E-state index in [9.17, 15) is 9.90 Å². The first-order valence-electron chi connectivity index (χ1n) is 6.43. The van der Waals surface area contributed by atoms with Crippen LogP contribution in [0.25, 0.3) is 0 Å². The highest BCUT2D eigenvalue weighted by molar-refractivity contribution is 7.07. The van der Waals surface area contributed by atoms with Crippen LogP contribution in [0.3, 0.4) is 0 Å². The number of thiophene rings is 1. The zero-order chi connectivity index (χ0) is 12.8. The molecule has 1 aromatic rings. The van der Waals surface area contributed by atoms with Gasteiger partial charge in [0.25, 0.3) is 0 Å². The minimum Gasteiger partial charge on any atom is -0.387 e. The van der Waals surface area contributed by atoms with Crippen LogP contribution in [-0.4, -0.2) is 30.6 Å². The van der Waals surface area contributed by atoms with Gasteiger partial charge in [-0.1, -0.05) is 0 Å². The largest absolute Gasteiger partial charge is 0.387 e. The van der Waals surface area contributed by atoms with Crippen molar-refractivity contribution in [2.75, 3.05) is 19.6 Å². The van der Waals surface area contributed by atoms with Gasteiger partial charge >= 0.3 is 0 Å². The Labute approximate surface area is 111 Å². The fourth-order valence-corrected chi connectivity index (χ4v) is 2.92. The number of nitrogens with one attached hydrogen (secondary N) is 2. The molecule has 1 saturated heterocycles.